The molecule has 31 heavy (non-hydrogen) atoms. The molecule has 0 radical (unpaired) electrons. The molecule has 4 heterocycles. The third-order valence-electron chi connectivity index (χ3n) is 6.98. The molecule has 0 bridgehead atoms. The van der Waals surface area contributed by atoms with E-state index < -0.39 is 35.0 Å². The molecule has 2 saturated heterocycles. The molecule has 1 unspecified atom stereocenters. The monoisotopic (exact) mass is 432 g/mol. The zero-order valence-corrected chi connectivity index (χ0v) is 18.5. The molecule has 0 aromatic heterocycles. The number of unbranched alkanes of at least 4 members (excludes halogenated alkanes) is 1. The van der Waals surface area contributed by atoms with E-state index in [0.717, 1.165) is 0 Å². The number of hydrogen-bond donors (Lipinski definition) is 1. The van der Waals surface area contributed by atoms with Gasteiger partial charge in [-0.15, -0.1) is 0 Å². The van der Waals surface area contributed by atoms with Crippen LogP contribution >= 0.6 is 0 Å². The average Bonchev–Trinajstić information content (AvgIpc) is 3.01. The van der Waals surface area contributed by atoms with Crippen molar-refractivity contribution in [1.29, 1.82) is 0 Å². The topological polar surface area (TPSA) is 96.4 Å². The van der Waals surface area contributed by atoms with Crippen LogP contribution in [0.4, 0.5) is 0 Å². The number of cyclic esters (lactones) is 1. The summed E-state index contributed by atoms with van der Waals surface area (Å²) in [5.74, 6) is -2.55. The van der Waals surface area contributed by atoms with Gasteiger partial charge >= 0.3 is 5.97 Å². The standard InChI is InChI=1S/C23H32N2O6/c1-15(2)24-12-8-10-23-16(17-21(29)30-14-7-4-9-22(17,3)31-23)19(27)25(11-5-6-13-26)18(23)20(24)28/h4,8-10,15-18,26H,5-7,11-14H2,1-3H3/t16-,17-,18?,22+,23-/m0/s1. The molecule has 4 rings (SSSR count). The van der Waals surface area contributed by atoms with E-state index in [1.54, 1.807) is 16.7 Å². The first-order valence-corrected chi connectivity index (χ1v) is 11.2. The number of aliphatic hydroxyl groups excluding tert-OH is 1. The smallest absolute Gasteiger partial charge is 0.313 e. The highest BCUT2D eigenvalue weighted by Gasteiger charge is 2.74. The van der Waals surface area contributed by atoms with Crippen LogP contribution in [0.3, 0.4) is 0 Å². The van der Waals surface area contributed by atoms with Gasteiger partial charge in [0.05, 0.1) is 18.1 Å². The minimum Gasteiger partial charge on any atom is -0.465 e. The number of aliphatic hydroxyl groups is 1. The number of esters is 1. The lowest BCUT2D eigenvalue weighted by Gasteiger charge is -2.38. The number of fused-ring (bicyclic) bond motifs is 2. The summed E-state index contributed by atoms with van der Waals surface area (Å²) in [7, 11) is 0. The number of ether oxygens (including phenoxy) is 2. The Morgan fingerprint density at radius 2 is 1.90 bits per heavy atom. The molecule has 4 aliphatic rings. The Kier molecular flexibility index (Phi) is 5.72. The van der Waals surface area contributed by atoms with E-state index in [2.05, 4.69) is 0 Å². The van der Waals surface area contributed by atoms with Crippen LogP contribution in [0.1, 0.15) is 40.0 Å². The van der Waals surface area contributed by atoms with Crippen molar-refractivity contribution in [2.45, 2.75) is 63.3 Å². The summed E-state index contributed by atoms with van der Waals surface area (Å²) in [6, 6.07) is -0.896. The normalized spacial score (nSPS) is 37.3. The van der Waals surface area contributed by atoms with Crippen molar-refractivity contribution in [2.24, 2.45) is 11.8 Å². The molecule has 0 aromatic carbocycles. The molecular weight excluding hydrogens is 400 g/mol. The van der Waals surface area contributed by atoms with E-state index in [4.69, 9.17) is 9.47 Å². The Morgan fingerprint density at radius 1 is 1.13 bits per heavy atom. The van der Waals surface area contributed by atoms with E-state index >= 15 is 0 Å². The van der Waals surface area contributed by atoms with Crippen molar-refractivity contribution in [3.8, 4) is 0 Å². The highest BCUT2D eigenvalue weighted by Crippen LogP contribution is 2.57. The first kappa shape index (κ1) is 22.0. The quantitative estimate of drug-likeness (QED) is 0.396. The molecule has 8 nitrogen and oxygen atoms in total. The average molecular weight is 433 g/mol. The molecule has 170 valence electrons. The second-order valence-electron chi connectivity index (χ2n) is 9.30. The second kappa shape index (κ2) is 8.06. The first-order chi connectivity index (χ1) is 14.8. The fourth-order valence-corrected chi connectivity index (χ4v) is 5.60. The highest BCUT2D eigenvalue weighted by molar-refractivity contribution is 5.99. The molecule has 1 spiro atoms. The zero-order valence-electron chi connectivity index (χ0n) is 18.5. The van der Waals surface area contributed by atoms with Crippen LogP contribution < -0.4 is 0 Å². The lowest BCUT2D eigenvalue weighted by atomic mass is 9.74. The number of nitrogens with zero attached hydrogens (tertiary/aromatic N) is 2. The molecule has 0 saturated carbocycles. The van der Waals surface area contributed by atoms with Gasteiger partial charge in [-0.2, -0.15) is 0 Å². The van der Waals surface area contributed by atoms with E-state index in [1.165, 1.54) is 0 Å². The SMILES string of the molecule is CC(C)N1CC=C[C@]23O[C@]4(C)C=CCCOC(=O)[C@@H]4[C@H]2C(=O)N(CCCCO)C3C1=O. The van der Waals surface area contributed by atoms with Gasteiger partial charge in [0.25, 0.3) is 0 Å². The summed E-state index contributed by atoms with van der Waals surface area (Å²) in [6.45, 7) is 6.71. The first-order valence-electron chi connectivity index (χ1n) is 11.2. The highest BCUT2D eigenvalue weighted by atomic mass is 16.6. The summed E-state index contributed by atoms with van der Waals surface area (Å²) in [6.07, 6.45) is 9.16. The van der Waals surface area contributed by atoms with Crippen LogP contribution in [0, 0.1) is 11.8 Å². The molecule has 0 aromatic rings. The fraction of sp³-hybridized carbons (Fsp3) is 0.696. The summed E-state index contributed by atoms with van der Waals surface area (Å²) < 4.78 is 12.1. The number of likely N-dealkylation sites (tertiary alicyclic amines) is 1. The molecule has 5 atom stereocenters. The van der Waals surface area contributed by atoms with Gasteiger partial charge in [0.15, 0.2) is 0 Å². The van der Waals surface area contributed by atoms with E-state index in [9.17, 15) is 19.5 Å². The summed E-state index contributed by atoms with van der Waals surface area (Å²) in [5.41, 5.74) is -2.27. The third-order valence-corrected chi connectivity index (χ3v) is 6.98. The lowest BCUT2D eigenvalue weighted by molar-refractivity contribution is -0.160. The Labute approximate surface area is 182 Å². The van der Waals surface area contributed by atoms with Crippen molar-refractivity contribution in [1.82, 2.24) is 9.80 Å². The summed E-state index contributed by atoms with van der Waals surface area (Å²) in [4.78, 5) is 43.9. The van der Waals surface area contributed by atoms with Gasteiger partial charge in [-0.05, 0) is 40.0 Å². The molecule has 2 amide bonds. The van der Waals surface area contributed by atoms with Gasteiger partial charge in [0.1, 0.15) is 17.6 Å². The largest absolute Gasteiger partial charge is 0.465 e. The summed E-state index contributed by atoms with van der Waals surface area (Å²) in [5, 5.41) is 9.21. The van der Waals surface area contributed by atoms with Crippen molar-refractivity contribution in [3.05, 3.63) is 24.3 Å². The predicted octanol–water partition coefficient (Wildman–Crippen LogP) is 1.04. The summed E-state index contributed by atoms with van der Waals surface area (Å²) >= 11 is 0. The number of hydrogen-bond acceptors (Lipinski definition) is 6. The van der Waals surface area contributed by atoms with Gasteiger partial charge in [-0.25, -0.2) is 0 Å². The molecule has 1 N–H and O–H groups in total. The molecular formula is C23H32N2O6. The number of carbonyl (C=O) groups is 3. The minimum atomic E-state index is -1.23. The maximum absolute atomic E-state index is 13.8. The Bertz CT molecular complexity index is 823. The second-order valence-corrected chi connectivity index (χ2v) is 9.30. The van der Waals surface area contributed by atoms with Crippen molar-refractivity contribution in [3.63, 3.8) is 0 Å². The van der Waals surface area contributed by atoms with Gasteiger partial charge in [0.2, 0.25) is 11.8 Å². The Hall–Kier alpha value is -2.19. The lowest BCUT2D eigenvalue weighted by Crippen LogP contribution is -2.57. The van der Waals surface area contributed by atoms with Crippen LogP contribution in [-0.2, 0) is 23.9 Å². The maximum atomic E-state index is 13.8. The van der Waals surface area contributed by atoms with Crippen LogP contribution in [0.25, 0.3) is 0 Å². The molecule has 2 fully saturated rings. The van der Waals surface area contributed by atoms with Gasteiger partial charge in [-0.1, -0.05) is 24.3 Å². The number of carbonyl (C=O) groups excluding carboxylic acids is 3. The zero-order chi connectivity index (χ0) is 22.4. The van der Waals surface area contributed by atoms with Crippen LogP contribution in [0.15, 0.2) is 24.3 Å². The predicted molar refractivity (Wildman–Crippen MR) is 112 cm³/mol. The molecule has 0 aliphatic carbocycles. The van der Waals surface area contributed by atoms with Gasteiger partial charge in [-0.3, -0.25) is 14.4 Å². The van der Waals surface area contributed by atoms with E-state index in [1.807, 2.05) is 38.2 Å². The van der Waals surface area contributed by atoms with Crippen molar-refractivity contribution in [2.75, 3.05) is 26.3 Å². The third kappa shape index (κ3) is 3.31. The maximum Gasteiger partial charge on any atom is 0.313 e. The van der Waals surface area contributed by atoms with Crippen molar-refractivity contribution >= 4 is 17.8 Å². The van der Waals surface area contributed by atoms with Crippen molar-refractivity contribution < 1.29 is 29.0 Å². The Morgan fingerprint density at radius 3 is 2.61 bits per heavy atom. The number of rotatable bonds is 5. The van der Waals surface area contributed by atoms with Gasteiger partial charge in [0, 0.05) is 25.7 Å². The van der Waals surface area contributed by atoms with E-state index in [-0.39, 0.29) is 31.1 Å². The van der Waals surface area contributed by atoms with E-state index in [0.29, 0.717) is 32.4 Å². The molecule has 8 heteroatoms. The molecule has 4 aliphatic heterocycles. The fourth-order valence-electron chi connectivity index (χ4n) is 5.60. The Balaban J connectivity index is 1.83. The van der Waals surface area contributed by atoms with Crippen LogP contribution in [0.5, 0.6) is 0 Å². The number of amides is 2. The van der Waals surface area contributed by atoms with Crippen LogP contribution in [-0.4, -0.2) is 82.3 Å². The van der Waals surface area contributed by atoms with Crippen LogP contribution in [0.2, 0.25) is 0 Å². The minimum absolute atomic E-state index is 0.0154. The van der Waals surface area contributed by atoms with Gasteiger partial charge < -0.3 is 24.4 Å².